The summed E-state index contributed by atoms with van der Waals surface area (Å²) >= 11 is 0. The van der Waals surface area contributed by atoms with Gasteiger partial charge in [0, 0.05) is 36.2 Å². The van der Waals surface area contributed by atoms with Gasteiger partial charge in [-0.25, -0.2) is 0 Å². The number of carboxylic acids is 1. The molecule has 27 heavy (non-hydrogen) atoms. The number of fused-ring (bicyclic) bond motifs is 1. The number of nitrogens with one attached hydrogen (secondary N) is 3. The maximum atomic E-state index is 11.2. The summed E-state index contributed by atoms with van der Waals surface area (Å²) in [5.74, 6) is -0.774. The first-order valence-electron chi connectivity index (χ1n) is 9.47. The van der Waals surface area contributed by atoms with E-state index in [9.17, 15) is 9.90 Å². The summed E-state index contributed by atoms with van der Waals surface area (Å²) in [5.41, 5.74) is 3.56. The number of aliphatic carboxylic acids is 1. The Morgan fingerprint density at radius 2 is 1.78 bits per heavy atom. The van der Waals surface area contributed by atoms with Gasteiger partial charge in [0.1, 0.15) is 0 Å². The molecule has 0 aliphatic rings. The van der Waals surface area contributed by atoms with Gasteiger partial charge in [-0.2, -0.15) is 0 Å². The van der Waals surface area contributed by atoms with Crippen molar-refractivity contribution in [3.8, 4) is 0 Å². The third-order valence-corrected chi connectivity index (χ3v) is 4.73. The van der Waals surface area contributed by atoms with Gasteiger partial charge >= 0.3 is 5.97 Å². The van der Waals surface area contributed by atoms with Gasteiger partial charge in [-0.05, 0) is 36.6 Å². The fourth-order valence-corrected chi connectivity index (χ4v) is 3.36. The number of aromatic amines is 1. The second-order valence-corrected chi connectivity index (χ2v) is 6.80. The van der Waals surface area contributed by atoms with E-state index in [-0.39, 0.29) is 12.5 Å². The van der Waals surface area contributed by atoms with Crippen LogP contribution in [-0.2, 0) is 17.6 Å². The Hall–Kier alpha value is -2.63. The fourth-order valence-electron chi connectivity index (χ4n) is 3.36. The number of carboxylic acid groups (broad SMARTS) is 1. The third-order valence-electron chi connectivity index (χ3n) is 4.73. The highest BCUT2D eigenvalue weighted by Gasteiger charge is 2.15. The number of H-pyrrole nitrogens is 1. The summed E-state index contributed by atoms with van der Waals surface area (Å²) in [6.07, 6.45) is 3.79. The fraction of sp³-hybridized carbons (Fsp3) is 0.318. The highest BCUT2D eigenvalue weighted by atomic mass is 16.4. The van der Waals surface area contributed by atoms with E-state index in [4.69, 9.17) is 0 Å². The Labute approximate surface area is 159 Å². The molecular formula is C22H27N3O2. The van der Waals surface area contributed by atoms with Gasteiger partial charge in [0.05, 0.1) is 6.42 Å². The second-order valence-electron chi connectivity index (χ2n) is 6.80. The van der Waals surface area contributed by atoms with E-state index in [2.05, 4.69) is 45.9 Å². The van der Waals surface area contributed by atoms with Crippen molar-refractivity contribution < 1.29 is 9.90 Å². The summed E-state index contributed by atoms with van der Waals surface area (Å²) in [6, 6.07) is 18.4. The Morgan fingerprint density at radius 1 is 1.00 bits per heavy atom. The normalized spacial score (nSPS) is 12.3. The molecule has 1 heterocycles. The van der Waals surface area contributed by atoms with Crippen LogP contribution in [0.3, 0.4) is 0 Å². The Balaban J connectivity index is 1.45. The van der Waals surface area contributed by atoms with Crippen LogP contribution in [0.25, 0.3) is 10.9 Å². The molecule has 2 aromatic carbocycles. The summed E-state index contributed by atoms with van der Waals surface area (Å²) in [7, 11) is 0. The topological polar surface area (TPSA) is 77.1 Å². The number of carbonyl (C=O) groups is 1. The largest absolute Gasteiger partial charge is 0.481 e. The predicted molar refractivity (Wildman–Crippen MR) is 109 cm³/mol. The third kappa shape index (κ3) is 5.94. The molecule has 4 N–H and O–H groups in total. The van der Waals surface area contributed by atoms with E-state index in [1.165, 1.54) is 5.56 Å². The molecule has 0 aliphatic carbocycles. The Kier molecular flexibility index (Phi) is 7.02. The molecule has 3 aromatic rings. The van der Waals surface area contributed by atoms with Gasteiger partial charge < -0.3 is 20.7 Å². The molecule has 0 saturated carbocycles. The van der Waals surface area contributed by atoms with Crippen molar-refractivity contribution in [2.24, 2.45) is 0 Å². The SMILES string of the molecule is O=C(O)C[C@H](Cc1c[nH]c2ccccc12)NCCNCCc1ccccc1. The predicted octanol–water partition coefficient (Wildman–Crippen LogP) is 2.98. The number of hydrogen-bond acceptors (Lipinski definition) is 3. The lowest BCUT2D eigenvalue weighted by atomic mass is 10.0. The Bertz CT molecular complexity index is 845. The second kappa shape index (κ2) is 9.90. The van der Waals surface area contributed by atoms with E-state index in [0.717, 1.165) is 42.5 Å². The Morgan fingerprint density at radius 3 is 2.59 bits per heavy atom. The van der Waals surface area contributed by atoms with Crippen LogP contribution in [0.4, 0.5) is 0 Å². The van der Waals surface area contributed by atoms with Gasteiger partial charge in [0.15, 0.2) is 0 Å². The van der Waals surface area contributed by atoms with Crippen LogP contribution >= 0.6 is 0 Å². The zero-order valence-electron chi connectivity index (χ0n) is 15.4. The average molecular weight is 365 g/mol. The standard InChI is InChI=1S/C22H27N3O2/c26-22(27)15-19(14-18-16-25-21-9-5-4-8-20(18)21)24-13-12-23-11-10-17-6-2-1-3-7-17/h1-9,16,19,23-25H,10-15H2,(H,26,27)/t19-/m0/s1. The maximum Gasteiger partial charge on any atom is 0.304 e. The number of benzene rings is 2. The van der Waals surface area contributed by atoms with Crippen molar-refractivity contribution >= 4 is 16.9 Å². The van der Waals surface area contributed by atoms with E-state index >= 15 is 0 Å². The van der Waals surface area contributed by atoms with Gasteiger partial charge in [-0.3, -0.25) is 4.79 Å². The lowest BCUT2D eigenvalue weighted by Gasteiger charge is -2.17. The van der Waals surface area contributed by atoms with E-state index in [0.29, 0.717) is 6.42 Å². The van der Waals surface area contributed by atoms with Crippen LogP contribution in [0.5, 0.6) is 0 Å². The number of aromatic nitrogens is 1. The van der Waals surface area contributed by atoms with Gasteiger partial charge in [0.25, 0.3) is 0 Å². The molecule has 1 aromatic heterocycles. The van der Waals surface area contributed by atoms with Gasteiger partial charge in [-0.15, -0.1) is 0 Å². The van der Waals surface area contributed by atoms with Crippen LogP contribution in [-0.4, -0.2) is 41.7 Å². The molecular weight excluding hydrogens is 338 g/mol. The maximum absolute atomic E-state index is 11.2. The minimum absolute atomic E-state index is 0.0855. The van der Waals surface area contributed by atoms with Crippen LogP contribution in [0.15, 0.2) is 60.8 Å². The quantitative estimate of drug-likeness (QED) is 0.394. The van der Waals surface area contributed by atoms with Crippen molar-refractivity contribution in [1.29, 1.82) is 0 Å². The zero-order valence-corrected chi connectivity index (χ0v) is 15.4. The van der Waals surface area contributed by atoms with Crippen molar-refractivity contribution in [3.63, 3.8) is 0 Å². The molecule has 142 valence electrons. The number of para-hydroxylation sites is 1. The molecule has 0 aliphatic heterocycles. The van der Waals surface area contributed by atoms with Crippen LogP contribution in [0.1, 0.15) is 17.5 Å². The molecule has 3 rings (SSSR count). The van der Waals surface area contributed by atoms with Gasteiger partial charge in [0.2, 0.25) is 0 Å². The molecule has 1 atom stereocenters. The van der Waals surface area contributed by atoms with Crippen molar-refractivity contribution in [2.75, 3.05) is 19.6 Å². The molecule has 0 radical (unpaired) electrons. The van der Waals surface area contributed by atoms with Crippen molar-refractivity contribution in [2.45, 2.75) is 25.3 Å². The summed E-state index contributed by atoms with van der Waals surface area (Å²) in [6.45, 7) is 2.48. The van der Waals surface area contributed by atoms with E-state index in [1.54, 1.807) is 0 Å². The van der Waals surface area contributed by atoms with Crippen molar-refractivity contribution in [1.82, 2.24) is 15.6 Å². The zero-order chi connectivity index (χ0) is 18.9. The van der Waals surface area contributed by atoms with E-state index in [1.807, 2.05) is 30.5 Å². The first-order valence-corrected chi connectivity index (χ1v) is 9.47. The van der Waals surface area contributed by atoms with Crippen LogP contribution in [0.2, 0.25) is 0 Å². The molecule has 0 bridgehead atoms. The van der Waals surface area contributed by atoms with Crippen molar-refractivity contribution in [3.05, 3.63) is 71.9 Å². The molecule has 0 spiro atoms. The van der Waals surface area contributed by atoms with Crippen LogP contribution < -0.4 is 10.6 Å². The highest BCUT2D eigenvalue weighted by Crippen LogP contribution is 2.19. The summed E-state index contributed by atoms with van der Waals surface area (Å²) in [5, 5.41) is 17.2. The average Bonchev–Trinajstić information content (AvgIpc) is 3.08. The molecule has 5 heteroatoms. The minimum atomic E-state index is -0.774. The molecule has 0 fully saturated rings. The van der Waals surface area contributed by atoms with Gasteiger partial charge in [-0.1, -0.05) is 48.5 Å². The summed E-state index contributed by atoms with van der Waals surface area (Å²) < 4.78 is 0. The highest BCUT2D eigenvalue weighted by molar-refractivity contribution is 5.83. The molecule has 0 amide bonds. The molecule has 0 saturated heterocycles. The monoisotopic (exact) mass is 365 g/mol. The van der Waals surface area contributed by atoms with E-state index < -0.39 is 5.97 Å². The minimum Gasteiger partial charge on any atom is -0.481 e. The molecule has 5 nitrogen and oxygen atoms in total. The first-order chi connectivity index (χ1) is 13.2. The lowest BCUT2D eigenvalue weighted by molar-refractivity contribution is -0.137. The molecule has 0 unspecified atom stereocenters. The summed E-state index contributed by atoms with van der Waals surface area (Å²) in [4.78, 5) is 14.5. The number of rotatable bonds is 11. The van der Waals surface area contributed by atoms with Crippen LogP contribution in [0, 0.1) is 0 Å². The lowest BCUT2D eigenvalue weighted by Crippen LogP contribution is -2.38. The smallest absolute Gasteiger partial charge is 0.304 e. The first kappa shape index (κ1) is 19.1. The number of hydrogen-bond donors (Lipinski definition) is 4.